The van der Waals surface area contributed by atoms with Gasteiger partial charge in [-0.15, -0.1) is 11.3 Å². The molecule has 7 nitrogen and oxygen atoms in total. The molecule has 2 fully saturated rings. The summed E-state index contributed by atoms with van der Waals surface area (Å²) in [5.74, 6) is -0.371. The lowest BCUT2D eigenvalue weighted by Crippen LogP contribution is -2.54. The Morgan fingerprint density at radius 3 is 2.58 bits per heavy atom. The molecule has 0 unspecified atom stereocenters. The minimum absolute atomic E-state index is 0.0452. The first-order chi connectivity index (χ1) is 14.6. The van der Waals surface area contributed by atoms with Gasteiger partial charge in [-0.2, -0.15) is 0 Å². The Hall–Kier alpha value is -2.74. The summed E-state index contributed by atoms with van der Waals surface area (Å²) in [6.07, 6.45) is 2.20. The standard InChI is InChI=1S/C23H28N4O3S/c1-14-9-22(3,4)13-23(10-14)20(29)27(21(30)26-23)11-19(28)25-17-7-5-16(6-8-17)18-12-31-15(2)24-18/h5-8,12,14H,9-11,13H2,1-4H3,(H,25,28)(H,26,30)/t14-,23+/m0/s1. The van der Waals surface area contributed by atoms with Crippen molar-refractivity contribution in [2.24, 2.45) is 11.3 Å². The first-order valence-corrected chi connectivity index (χ1v) is 11.4. The van der Waals surface area contributed by atoms with Crippen LogP contribution in [0.2, 0.25) is 0 Å². The first-order valence-electron chi connectivity index (χ1n) is 10.5. The molecule has 164 valence electrons. The molecule has 0 radical (unpaired) electrons. The Balaban J connectivity index is 1.41. The molecule has 1 aromatic carbocycles. The quantitative estimate of drug-likeness (QED) is 0.697. The van der Waals surface area contributed by atoms with E-state index in [1.54, 1.807) is 23.5 Å². The Morgan fingerprint density at radius 1 is 1.26 bits per heavy atom. The van der Waals surface area contributed by atoms with Crippen LogP contribution in [-0.4, -0.2) is 39.8 Å². The fraction of sp³-hybridized carbons (Fsp3) is 0.478. The number of urea groups is 1. The van der Waals surface area contributed by atoms with Gasteiger partial charge in [0.25, 0.3) is 5.91 Å². The molecule has 2 atom stereocenters. The van der Waals surface area contributed by atoms with Crippen LogP contribution in [0.5, 0.6) is 0 Å². The lowest BCUT2D eigenvalue weighted by atomic mass is 9.64. The number of aryl methyl sites for hydroxylation is 1. The highest BCUT2D eigenvalue weighted by atomic mass is 32.1. The van der Waals surface area contributed by atoms with Crippen LogP contribution in [0.3, 0.4) is 0 Å². The van der Waals surface area contributed by atoms with Crippen molar-refractivity contribution in [2.45, 2.75) is 52.5 Å². The molecule has 2 aromatic rings. The largest absolute Gasteiger partial charge is 0.325 e. The molecule has 0 bridgehead atoms. The maximum absolute atomic E-state index is 13.2. The number of amides is 4. The van der Waals surface area contributed by atoms with Gasteiger partial charge in [0.05, 0.1) is 10.7 Å². The molecule has 31 heavy (non-hydrogen) atoms. The normalized spacial score (nSPS) is 25.0. The summed E-state index contributed by atoms with van der Waals surface area (Å²) in [7, 11) is 0. The third-order valence-corrected chi connectivity index (χ3v) is 6.78. The molecule has 4 rings (SSSR count). The third-order valence-electron chi connectivity index (χ3n) is 6.01. The lowest BCUT2D eigenvalue weighted by molar-refractivity contribution is -0.136. The molecular formula is C23H28N4O3S. The summed E-state index contributed by atoms with van der Waals surface area (Å²) in [5, 5.41) is 8.67. The second kappa shape index (κ2) is 7.75. The number of rotatable bonds is 4. The molecule has 2 aliphatic rings. The van der Waals surface area contributed by atoms with E-state index in [9.17, 15) is 14.4 Å². The molecule has 1 saturated carbocycles. The van der Waals surface area contributed by atoms with Crippen LogP contribution in [0, 0.1) is 18.3 Å². The highest BCUT2D eigenvalue weighted by Gasteiger charge is 2.56. The molecule has 1 spiro atoms. The van der Waals surface area contributed by atoms with Gasteiger partial charge in [-0.3, -0.25) is 14.5 Å². The number of nitrogens with one attached hydrogen (secondary N) is 2. The van der Waals surface area contributed by atoms with Crippen molar-refractivity contribution in [1.29, 1.82) is 0 Å². The van der Waals surface area contributed by atoms with Crippen molar-refractivity contribution in [2.75, 3.05) is 11.9 Å². The smallest absolute Gasteiger partial charge is 0.325 e. The highest BCUT2D eigenvalue weighted by Crippen LogP contribution is 2.46. The fourth-order valence-electron chi connectivity index (χ4n) is 5.21. The number of thiazole rings is 1. The van der Waals surface area contributed by atoms with Gasteiger partial charge in [-0.25, -0.2) is 9.78 Å². The number of benzene rings is 1. The van der Waals surface area contributed by atoms with E-state index < -0.39 is 17.5 Å². The zero-order valence-corrected chi connectivity index (χ0v) is 19.1. The minimum atomic E-state index is -0.897. The van der Waals surface area contributed by atoms with E-state index in [4.69, 9.17) is 0 Å². The summed E-state index contributed by atoms with van der Waals surface area (Å²) in [4.78, 5) is 43.8. The summed E-state index contributed by atoms with van der Waals surface area (Å²) < 4.78 is 0. The molecule has 1 aliphatic carbocycles. The summed E-state index contributed by atoms with van der Waals surface area (Å²) in [6.45, 7) is 8.01. The van der Waals surface area contributed by atoms with Crippen LogP contribution < -0.4 is 10.6 Å². The number of imide groups is 1. The van der Waals surface area contributed by atoms with Crippen LogP contribution in [0.25, 0.3) is 11.3 Å². The van der Waals surface area contributed by atoms with E-state index in [0.29, 0.717) is 24.4 Å². The Bertz CT molecular complexity index is 1030. The molecule has 1 aliphatic heterocycles. The van der Waals surface area contributed by atoms with Crippen molar-refractivity contribution >= 4 is 34.9 Å². The fourth-order valence-corrected chi connectivity index (χ4v) is 5.84. The minimum Gasteiger partial charge on any atom is -0.325 e. The van der Waals surface area contributed by atoms with Crippen molar-refractivity contribution in [1.82, 2.24) is 15.2 Å². The molecule has 2 heterocycles. The molecule has 1 aromatic heterocycles. The Morgan fingerprint density at radius 2 is 1.97 bits per heavy atom. The van der Waals surface area contributed by atoms with Crippen LogP contribution >= 0.6 is 11.3 Å². The molecular weight excluding hydrogens is 412 g/mol. The van der Waals surface area contributed by atoms with E-state index in [1.807, 2.05) is 24.4 Å². The second-order valence-electron chi connectivity index (χ2n) is 9.64. The maximum Gasteiger partial charge on any atom is 0.325 e. The van der Waals surface area contributed by atoms with Crippen molar-refractivity contribution in [3.8, 4) is 11.3 Å². The van der Waals surface area contributed by atoms with Gasteiger partial charge in [0.2, 0.25) is 5.91 Å². The number of carbonyl (C=O) groups excluding carboxylic acids is 3. The zero-order valence-electron chi connectivity index (χ0n) is 18.3. The molecule has 4 amide bonds. The Kier molecular flexibility index (Phi) is 5.37. The monoisotopic (exact) mass is 440 g/mol. The summed E-state index contributed by atoms with van der Waals surface area (Å²) in [6, 6.07) is 6.87. The van der Waals surface area contributed by atoms with Crippen molar-refractivity contribution in [3.05, 3.63) is 34.7 Å². The van der Waals surface area contributed by atoms with E-state index in [-0.39, 0.29) is 17.9 Å². The predicted molar refractivity (Wildman–Crippen MR) is 121 cm³/mol. The molecule has 2 N–H and O–H groups in total. The van der Waals surface area contributed by atoms with E-state index in [1.165, 1.54) is 0 Å². The van der Waals surface area contributed by atoms with Crippen LogP contribution in [0.15, 0.2) is 29.6 Å². The first kappa shape index (κ1) is 21.5. The second-order valence-corrected chi connectivity index (χ2v) is 10.7. The topological polar surface area (TPSA) is 91.4 Å². The van der Waals surface area contributed by atoms with E-state index >= 15 is 0 Å². The van der Waals surface area contributed by atoms with Gasteiger partial charge < -0.3 is 10.6 Å². The maximum atomic E-state index is 13.2. The SMILES string of the molecule is Cc1nc(-c2ccc(NC(=O)CN3C(=O)N[C@@]4(C[C@@H](C)CC(C)(C)C4)C3=O)cc2)cs1. The van der Waals surface area contributed by atoms with Gasteiger partial charge in [0.15, 0.2) is 0 Å². The summed E-state index contributed by atoms with van der Waals surface area (Å²) in [5.41, 5.74) is 1.53. The average molecular weight is 441 g/mol. The number of carbonyl (C=O) groups is 3. The van der Waals surface area contributed by atoms with Gasteiger partial charge in [0.1, 0.15) is 12.1 Å². The van der Waals surface area contributed by atoms with Crippen molar-refractivity contribution < 1.29 is 14.4 Å². The predicted octanol–water partition coefficient (Wildman–Crippen LogP) is 4.19. The van der Waals surface area contributed by atoms with Crippen LogP contribution in [0.1, 0.15) is 45.0 Å². The van der Waals surface area contributed by atoms with E-state index in [2.05, 4.69) is 36.4 Å². The van der Waals surface area contributed by atoms with Crippen LogP contribution in [0.4, 0.5) is 10.5 Å². The number of hydrogen-bond donors (Lipinski definition) is 2. The zero-order chi connectivity index (χ0) is 22.4. The van der Waals surface area contributed by atoms with Crippen molar-refractivity contribution in [3.63, 3.8) is 0 Å². The molecule has 8 heteroatoms. The van der Waals surface area contributed by atoms with E-state index in [0.717, 1.165) is 27.6 Å². The number of anilines is 1. The average Bonchev–Trinajstić information content (AvgIpc) is 3.18. The molecule has 1 saturated heterocycles. The van der Waals surface area contributed by atoms with Gasteiger partial charge in [0, 0.05) is 16.6 Å². The highest BCUT2D eigenvalue weighted by molar-refractivity contribution is 7.09. The summed E-state index contributed by atoms with van der Waals surface area (Å²) >= 11 is 1.59. The number of hydrogen-bond acceptors (Lipinski definition) is 5. The van der Waals surface area contributed by atoms with Gasteiger partial charge >= 0.3 is 6.03 Å². The lowest BCUT2D eigenvalue weighted by Gasteiger charge is -2.43. The Labute approximate surface area is 186 Å². The van der Waals surface area contributed by atoms with Gasteiger partial charge in [-0.05, 0) is 49.7 Å². The van der Waals surface area contributed by atoms with Gasteiger partial charge in [-0.1, -0.05) is 32.9 Å². The number of aromatic nitrogens is 1. The number of nitrogens with zero attached hydrogens (tertiary/aromatic N) is 2. The van der Waals surface area contributed by atoms with Crippen LogP contribution in [-0.2, 0) is 9.59 Å². The third kappa shape index (κ3) is 4.35.